The van der Waals surface area contributed by atoms with E-state index in [1.807, 2.05) is 49.6 Å². The molecular weight excluding hydrogens is 491 g/mol. The first-order valence-electron chi connectivity index (χ1n) is 12.3. The fraction of sp³-hybridized carbons (Fsp3) is 0.379. The van der Waals surface area contributed by atoms with Gasteiger partial charge in [0.1, 0.15) is 5.82 Å². The van der Waals surface area contributed by atoms with E-state index in [4.69, 9.17) is 9.47 Å². The van der Waals surface area contributed by atoms with Crippen molar-refractivity contribution in [2.45, 2.75) is 33.2 Å². The Morgan fingerprint density at radius 1 is 0.919 bits per heavy atom. The number of amides is 2. The first-order valence-corrected chi connectivity index (χ1v) is 13.2. The Labute approximate surface area is 222 Å². The van der Waals surface area contributed by atoms with Crippen LogP contribution in [0.3, 0.4) is 0 Å². The summed E-state index contributed by atoms with van der Waals surface area (Å²) in [6, 6.07) is 15.6. The summed E-state index contributed by atoms with van der Waals surface area (Å²) in [5.41, 5.74) is 1.74. The van der Waals surface area contributed by atoms with E-state index in [0.717, 1.165) is 16.0 Å². The quantitative estimate of drug-likeness (QED) is 0.307. The van der Waals surface area contributed by atoms with Crippen molar-refractivity contribution in [1.29, 1.82) is 0 Å². The van der Waals surface area contributed by atoms with Crippen LogP contribution >= 0.6 is 11.3 Å². The number of halogens is 1. The SMILES string of the molecule is COc1ccc(CCN(Cc2cccs2)C(=O)CN(CC(C)C)C(=O)Cc2ccc(F)cc2)cc1OC. The van der Waals surface area contributed by atoms with Gasteiger partial charge in [0.15, 0.2) is 11.5 Å². The van der Waals surface area contributed by atoms with Crippen molar-refractivity contribution < 1.29 is 23.5 Å². The van der Waals surface area contributed by atoms with E-state index >= 15 is 0 Å². The number of methoxy groups -OCH3 is 2. The van der Waals surface area contributed by atoms with Crippen LogP contribution in [0.5, 0.6) is 11.5 Å². The summed E-state index contributed by atoms with van der Waals surface area (Å²) in [6.45, 7) is 5.47. The molecule has 0 atom stereocenters. The normalized spacial score (nSPS) is 10.9. The molecule has 3 aromatic rings. The highest BCUT2D eigenvalue weighted by atomic mass is 32.1. The number of thiophene rings is 1. The molecular formula is C29H35FN2O4S. The van der Waals surface area contributed by atoms with Crippen LogP contribution in [0, 0.1) is 11.7 Å². The molecule has 1 aromatic heterocycles. The molecule has 0 unspecified atom stereocenters. The largest absolute Gasteiger partial charge is 0.493 e. The number of hydrogen-bond acceptors (Lipinski definition) is 5. The van der Waals surface area contributed by atoms with Crippen molar-refractivity contribution >= 4 is 23.2 Å². The van der Waals surface area contributed by atoms with E-state index in [1.54, 1.807) is 47.5 Å². The summed E-state index contributed by atoms with van der Waals surface area (Å²) >= 11 is 1.60. The maximum Gasteiger partial charge on any atom is 0.242 e. The van der Waals surface area contributed by atoms with Crippen LogP contribution in [0.4, 0.5) is 4.39 Å². The summed E-state index contributed by atoms with van der Waals surface area (Å²) < 4.78 is 24.0. The fourth-order valence-electron chi connectivity index (χ4n) is 4.03. The monoisotopic (exact) mass is 526 g/mol. The molecule has 0 saturated carbocycles. The Hall–Kier alpha value is -3.39. The molecule has 0 aliphatic rings. The molecule has 0 bridgehead atoms. The Bertz CT molecular complexity index is 1150. The highest BCUT2D eigenvalue weighted by molar-refractivity contribution is 7.09. The van der Waals surface area contributed by atoms with Gasteiger partial charge in [-0.2, -0.15) is 0 Å². The Morgan fingerprint density at radius 3 is 2.24 bits per heavy atom. The van der Waals surface area contributed by atoms with E-state index in [-0.39, 0.29) is 36.5 Å². The summed E-state index contributed by atoms with van der Waals surface area (Å²) in [5, 5.41) is 1.99. The lowest BCUT2D eigenvalue weighted by Crippen LogP contribution is -2.45. The van der Waals surface area contributed by atoms with E-state index in [0.29, 0.717) is 37.6 Å². The maximum absolute atomic E-state index is 13.6. The summed E-state index contributed by atoms with van der Waals surface area (Å²) in [6.07, 6.45) is 0.752. The third-order valence-electron chi connectivity index (χ3n) is 5.93. The fourth-order valence-corrected chi connectivity index (χ4v) is 4.75. The smallest absolute Gasteiger partial charge is 0.242 e. The zero-order chi connectivity index (χ0) is 26.8. The van der Waals surface area contributed by atoms with Crippen LogP contribution in [-0.4, -0.2) is 55.5 Å². The minimum Gasteiger partial charge on any atom is -0.493 e. The van der Waals surface area contributed by atoms with Gasteiger partial charge in [0.05, 0.1) is 33.7 Å². The highest BCUT2D eigenvalue weighted by Crippen LogP contribution is 2.28. The zero-order valence-electron chi connectivity index (χ0n) is 21.9. The number of ether oxygens (including phenoxy) is 2. The minimum atomic E-state index is -0.343. The third-order valence-corrected chi connectivity index (χ3v) is 6.79. The van der Waals surface area contributed by atoms with Gasteiger partial charge in [-0.15, -0.1) is 11.3 Å². The third kappa shape index (κ3) is 8.60. The lowest BCUT2D eigenvalue weighted by molar-refractivity contribution is -0.141. The van der Waals surface area contributed by atoms with Crippen molar-refractivity contribution in [3.05, 3.63) is 81.8 Å². The standard InChI is InChI=1S/C29H35FN2O4S/c1-21(2)18-32(28(33)17-22-7-10-24(30)11-8-22)20-29(34)31(19-25-6-5-15-37-25)14-13-23-9-12-26(35-3)27(16-23)36-4/h5-12,15-16,21H,13-14,17-20H2,1-4H3. The topological polar surface area (TPSA) is 59.1 Å². The molecule has 0 aliphatic carbocycles. The Kier molecular flexibility index (Phi) is 10.5. The predicted octanol–water partition coefficient (Wildman–Crippen LogP) is 5.20. The number of carbonyl (C=O) groups excluding carboxylic acids is 2. The lowest BCUT2D eigenvalue weighted by atomic mass is 10.1. The number of nitrogens with zero attached hydrogens (tertiary/aromatic N) is 2. The van der Waals surface area contributed by atoms with E-state index in [9.17, 15) is 14.0 Å². The van der Waals surface area contributed by atoms with Crippen LogP contribution in [-0.2, 0) is 29.0 Å². The van der Waals surface area contributed by atoms with Crippen molar-refractivity contribution in [3.63, 3.8) is 0 Å². The van der Waals surface area contributed by atoms with Gasteiger partial charge >= 0.3 is 0 Å². The van der Waals surface area contributed by atoms with Crippen LogP contribution < -0.4 is 9.47 Å². The van der Waals surface area contributed by atoms with Gasteiger partial charge in [-0.1, -0.05) is 38.1 Å². The van der Waals surface area contributed by atoms with E-state index in [2.05, 4.69) is 0 Å². The van der Waals surface area contributed by atoms with Crippen LogP contribution in [0.25, 0.3) is 0 Å². The lowest BCUT2D eigenvalue weighted by Gasteiger charge is -2.29. The van der Waals surface area contributed by atoms with Gasteiger partial charge in [-0.05, 0) is 59.2 Å². The number of carbonyl (C=O) groups is 2. The van der Waals surface area contributed by atoms with Gasteiger partial charge in [0.2, 0.25) is 11.8 Å². The maximum atomic E-state index is 13.6. The molecule has 0 radical (unpaired) electrons. The van der Waals surface area contributed by atoms with E-state index < -0.39 is 0 Å². The molecule has 0 N–H and O–H groups in total. The van der Waals surface area contributed by atoms with E-state index in [1.165, 1.54) is 12.1 Å². The minimum absolute atomic E-state index is 0.00445. The van der Waals surface area contributed by atoms with Crippen molar-refractivity contribution in [3.8, 4) is 11.5 Å². The van der Waals surface area contributed by atoms with Crippen LogP contribution in [0.1, 0.15) is 29.9 Å². The molecule has 37 heavy (non-hydrogen) atoms. The summed E-state index contributed by atoms with van der Waals surface area (Å²) in [7, 11) is 3.19. The molecule has 0 spiro atoms. The highest BCUT2D eigenvalue weighted by Gasteiger charge is 2.23. The first-order chi connectivity index (χ1) is 17.8. The molecule has 2 aromatic carbocycles. The molecule has 6 nitrogen and oxygen atoms in total. The molecule has 2 amide bonds. The number of hydrogen-bond donors (Lipinski definition) is 0. The van der Waals surface area contributed by atoms with Gasteiger partial charge in [-0.3, -0.25) is 9.59 Å². The molecule has 0 aliphatic heterocycles. The van der Waals surface area contributed by atoms with Gasteiger partial charge in [-0.25, -0.2) is 4.39 Å². The molecule has 198 valence electrons. The second kappa shape index (κ2) is 13.8. The molecule has 3 rings (SSSR count). The summed E-state index contributed by atoms with van der Waals surface area (Å²) in [4.78, 5) is 31.2. The Morgan fingerprint density at radius 2 is 1.62 bits per heavy atom. The molecule has 0 fully saturated rings. The van der Waals surface area contributed by atoms with Crippen LogP contribution in [0.15, 0.2) is 60.0 Å². The van der Waals surface area contributed by atoms with Crippen molar-refractivity contribution in [2.24, 2.45) is 5.92 Å². The Balaban J connectivity index is 1.74. The summed E-state index contributed by atoms with van der Waals surface area (Å²) in [5.74, 6) is 0.894. The second-order valence-corrected chi connectivity index (χ2v) is 10.3. The van der Waals surface area contributed by atoms with Gasteiger partial charge < -0.3 is 19.3 Å². The molecule has 1 heterocycles. The number of rotatable bonds is 13. The average Bonchev–Trinajstić information content (AvgIpc) is 3.40. The average molecular weight is 527 g/mol. The first kappa shape index (κ1) is 28.2. The zero-order valence-corrected chi connectivity index (χ0v) is 22.7. The second-order valence-electron chi connectivity index (χ2n) is 9.31. The van der Waals surface area contributed by atoms with Gasteiger partial charge in [0, 0.05) is 18.0 Å². The molecule has 8 heteroatoms. The molecule has 0 saturated heterocycles. The predicted molar refractivity (Wildman–Crippen MR) is 145 cm³/mol. The number of benzene rings is 2. The van der Waals surface area contributed by atoms with Gasteiger partial charge in [0.25, 0.3) is 0 Å². The van der Waals surface area contributed by atoms with Crippen molar-refractivity contribution in [1.82, 2.24) is 9.80 Å². The van der Waals surface area contributed by atoms with Crippen LogP contribution in [0.2, 0.25) is 0 Å². The van der Waals surface area contributed by atoms with Crippen molar-refractivity contribution in [2.75, 3.05) is 33.9 Å².